The van der Waals surface area contributed by atoms with Gasteiger partial charge in [-0.2, -0.15) is 0 Å². The second-order valence-electron chi connectivity index (χ2n) is 15.7. The van der Waals surface area contributed by atoms with Gasteiger partial charge in [0.1, 0.15) is 0 Å². The van der Waals surface area contributed by atoms with Crippen molar-refractivity contribution < 1.29 is 0 Å². The maximum atomic E-state index is 2.40. The molecular weight excluding hydrogens is 707 g/mol. The maximum absolute atomic E-state index is 2.40. The van der Waals surface area contributed by atoms with Gasteiger partial charge in [-0.05, 0) is 121 Å². The molecule has 0 amide bonds. The SMILES string of the molecule is CC1(C)c2ccccc2-c2ccc(-c3ccc(N(c4ccc(-c5ccccc5)cc4)c4ccc(-c5ccc6sc7c8ccccc8ccc7c6c5)cc4)cc3)cc21. The molecule has 0 fully saturated rings. The first-order valence-corrected chi connectivity index (χ1v) is 20.6. The Morgan fingerprint density at radius 2 is 0.895 bits per heavy atom. The summed E-state index contributed by atoms with van der Waals surface area (Å²) < 4.78 is 2.69. The zero-order valence-electron chi connectivity index (χ0n) is 31.9. The third kappa shape index (κ3) is 5.59. The van der Waals surface area contributed by atoms with Crippen molar-refractivity contribution in [2.45, 2.75) is 19.3 Å². The Bertz CT molecular complexity index is 3120. The number of hydrogen-bond acceptors (Lipinski definition) is 2. The quantitative estimate of drug-likeness (QED) is 0.164. The third-order valence-corrected chi connectivity index (χ3v) is 13.3. The lowest BCUT2D eigenvalue weighted by molar-refractivity contribution is 0.660. The smallest absolute Gasteiger partial charge is 0.0462 e. The minimum absolute atomic E-state index is 0.0328. The van der Waals surface area contributed by atoms with E-state index in [4.69, 9.17) is 0 Å². The summed E-state index contributed by atoms with van der Waals surface area (Å²) in [5.74, 6) is 0. The minimum atomic E-state index is -0.0328. The highest BCUT2D eigenvalue weighted by Gasteiger charge is 2.35. The summed E-state index contributed by atoms with van der Waals surface area (Å²) in [6, 6.07) is 73.7. The summed E-state index contributed by atoms with van der Waals surface area (Å²) in [7, 11) is 0. The zero-order chi connectivity index (χ0) is 38.1. The molecule has 57 heavy (non-hydrogen) atoms. The summed E-state index contributed by atoms with van der Waals surface area (Å²) in [5, 5.41) is 5.27. The fourth-order valence-electron chi connectivity index (χ4n) is 9.05. The molecule has 0 spiro atoms. The maximum Gasteiger partial charge on any atom is 0.0462 e. The van der Waals surface area contributed by atoms with Gasteiger partial charge in [0.2, 0.25) is 0 Å². The number of fused-ring (bicyclic) bond motifs is 8. The van der Waals surface area contributed by atoms with E-state index in [9.17, 15) is 0 Å². The lowest BCUT2D eigenvalue weighted by Gasteiger charge is -2.26. The number of hydrogen-bond donors (Lipinski definition) is 0. The molecule has 1 nitrogen and oxygen atoms in total. The van der Waals surface area contributed by atoms with Crippen molar-refractivity contribution >= 4 is 59.3 Å². The number of anilines is 3. The van der Waals surface area contributed by atoms with Crippen LogP contribution in [0.5, 0.6) is 0 Å². The van der Waals surface area contributed by atoms with Gasteiger partial charge < -0.3 is 4.90 Å². The van der Waals surface area contributed by atoms with Crippen LogP contribution in [0, 0.1) is 0 Å². The molecule has 0 N–H and O–H groups in total. The molecule has 9 aromatic carbocycles. The minimum Gasteiger partial charge on any atom is -0.311 e. The largest absolute Gasteiger partial charge is 0.311 e. The Morgan fingerprint density at radius 3 is 1.60 bits per heavy atom. The molecule has 0 atom stereocenters. The van der Waals surface area contributed by atoms with Crippen molar-refractivity contribution in [1.82, 2.24) is 0 Å². The molecule has 1 aromatic heterocycles. The molecular formula is C55H39NS. The van der Waals surface area contributed by atoms with Crippen LogP contribution in [0.4, 0.5) is 17.1 Å². The topological polar surface area (TPSA) is 3.24 Å². The van der Waals surface area contributed by atoms with Gasteiger partial charge >= 0.3 is 0 Å². The van der Waals surface area contributed by atoms with Crippen molar-refractivity contribution in [3.05, 3.63) is 211 Å². The molecule has 0 saturated carbocycles. The first-order chi connectivity index (χ1) is 28.0. The van der Waals surface area contributed by atoms with Gasteiger partial charge in [-0.15, -0.1) is 11.3 Å². The van der Waals surface area contributed by atoms with Gasteiger partial charge in [0.15, 0.2) is 0 Å². The van der Waals surface area contributed by atoms with Crippen molar-refractivity contribution in [2.75, 3.05) is 4.90 Å². The fraction of sp³-hybridized carbons (Fsp3) is 0.0545. The third-order valence-electron chi connectivity index (χ3n) is 12.1. The Hall–Kier alpha value is -6.74. The molecule has 0 bridgehead atoms. The van der Waals surface area contributed by atoms with Gasteiger partial charge in [0, 0.05) is 42.6 Å². The molecule has 11 rings (SSSR count). The van der Waals surface area contributed by atoms with Crippen LogP contribution < -0.4 is 4.90 Å². The van der Waals surface area contributed by atoms with Crippen LogP contribution in [0.2, 0.25) is 0 Å². The molecule has 0 aliphatic heterocycles. The van der Waals surface area contributed by atoms with E-state index in [-0.39, 0.29) is 5.41 Å². The predicted octanol–water partition coefficient (Wildman–Crippen LogP) is 16.0. The van der Waals surface area contributed by atoms with Crippen LogP contribution in [0.3, 0.4) is 0 Å². The summed E-state index contributed by atoms with van der Waals surface area (Å²) >= 11 is 1.89. The van der Waals surface area contributed by atoms with E-state index in [1.807, 2.05) is 11.3 Å². The van der Waals surface area contributed by atoms with Crippen molar-refractivity contribution in [2.24, 2.45) is 0 Å². The van der Waals surface area contributed by atoms with E-state index in [1.54, 1.807) is 0 Å². The van der Waals surface area contributed by atoms with Crippen LogP contribution in [-0.2, 0) is 5.41 Å². The highest BCUT2D eigenvalue weighted by atomic mass is 32.1. The molecule has 10 aromatic rings. The Morgan fingerprint density at radius 1 is 0.368 bits per heavy atom. The highest BCUT2D eigenvalue weighted by molar-refractivity contribution is 7.26. The van der Waals surface area contributed by atoms with Crippen LogP contribution in [0.25, 0.3) is 75.5 Å². The summed E-state index contributed by atoms with van der Waals surface area (Å²) in [4.78, 5) is 2.37. The van der Waals surface area contributed by atoms with E-state index in [0.29, 0.717) is 0 Å². The van der Waals surface area contributed by atoms with Gasteiger partial charge in [0.25, 0.3) is 0 Å². The molecule has 2 heteroatoms. The second kappa shape index (κ2) is 13.2. The fourth-order valence-corrected chi connectivity index (χ4v) is 10.3. The molecule has 1 aliphatic rings. The molecule has 1 heterocycles. The van der Waals surface area contributed by atoms with Crippen molar-refractivity contribution in [3.63, 3.8) is 0 Å². The zero-order valence-corrected chi connectivity index (χ0v) is 32.7. The van der Waals surface area contributed by atoms with Crippen LogP contribution >= 0.6 is 11.3 Å². The molecule has 0 unspecified atom stereocenters. The lowest BCUT2D eigenvalue weighted by Crippen LogP contribution is -2.14. The standard InChI is InChI=1S/C55H39NS/c1-55(2)51-15-9-8-14-47(51)48-31-23-42(35-52(48)55)39-20-29-45(30-21-39)56(43-25-16-37(17-26-43)36-10-4-3-5-11-36)44-27-18-38(19-28-44)41-24-33-53-50(34-41)49-32-22-40-12-6-7-13-46(40)54(49)57-53/h3-35H,1-2H3. The first kappa shape index (κ1) is 33.6. The Balaban J connectivity index is 0.956. The first-order valence-electron chi connectivity index (χ1n) is 19.7. The Kier molecular flexibility index (Phi) is 7.77. The predicted molar refractivity (Wildman–Crippen MR) is 245 cm³/mol. The van der Waals surface area contributed by atoms with Crippen molar-refractivity contribution in [1.29, 1.82) is 0 Å². The van der Waals surface area contributed by atoms with E-state index in [1.165, 1.54) is 86.6 Å². The van der Waals surface area contributed by atoms with Gasteiger partial charge in [-0.1, -0.05) is 159 Å². The van der Waals surface area contributed by atoms with E-state index in [2.05, 4.69) is 219 Å². The number of benzene rings is 9. The highest BCUT2D eigenvalue weighted by Crippen LogP contribution is 2.50. The second-order valence-corrected chi connectivity index (χ2v) is 16.8. The monoisotopic (exact) mass is 745 g/mol. The van der Waals surface area contributed by atoms with Crippen LogP contribution in [0.1, 0.15) is 25.0 Å². The van der Waals surface area contributed by atoms with E-state index >= 15 is 0 Å². The average molecular weight is 746 g/mol. The molecule has 1 aliphatic carbocycles. The Labute approximate surface area is 337 Å². The van der Waals surface area contributed by atoms with Crippen LogP contribution in [-0.4, -0.2) is 0 Å². The van der Waals surface area contributed by atoms with Gasteiger partial charge in [-0.25, -0.2) is 0 Å². The number of nitrogens with zero attached hydrogens (tertiary/aromatic N) is 1. The average Bonchev–Trinajstić information content (AvgIpc) is 3.76. The lowest BCUT2D eigenvalue weighted by atomic mass is 9.81. The number of thiophene rings is 1. The molecule has 0 saturated heterocycles. The molecule has 270 valence electrons. The summed E-state index contributed by atoms with van der Waals surface area (Å²) in [6.45, 7) is 4.70. The van der Waals surface area contributed by atoms with Gasteiger partial charge in [0.05, 0.1) is 0 Å². The summed E-state index contributed by atoms with van der Waals surface area (Å²) in [6.07, 6.45) is 0. The van der Waals surface area contributed by atoms with E-state index < -0.39 is 0 Å². The summed E-state index contributed by atoms with van der Waals surface area (Å²) in [5.41, 5.74) is 16.1. The van der Waals surface area contributed by atoms with Gasteiger partial charge in [-0.3, -0.25) is 0 Å². The number of rotatable bonds is 6. The van der Waals surface area contributed by atoms with E-state index in [0.717, 1.165) is 17.1 Å². The van der Waals surface area contributed by atoms with Crippen LogP contribution in [0.15, 0.2) is 200 Å². The van der Waals surface area contributed by atoms with Crippen molar-refractivity contribution in [3.8, 4) is 44.5 Å². The normalized spacial score (nSPS) is 12.9. The molecule has 0 radical (unpaired) electrons.